The second-order valence-electron chi connectivity index (χ2n) is 8.63. The van der Waals surface area contributed by atoms with Gasteiger partial charge in [-0.3, -0.25) is 19.3 Å². The van der Waals surface area contributed by atoms with Gasteiger partial charge >= 0.3 is 0 Å². The lowest BCUT2D eigenvalue weighted by Crippen LogP contribution is -2.60. The van der Waals surface area contributed by atoms with Gasteiger partial charge in [-0.2, -0.15) is 0 Å². The second-order valence-corrected chi connectivity index (χ2v) is 8.63. The largest absolute Gasteiger partial charge is 0.353 e. The molecule has 1 aromatic carbocycles. The van der Waals surface area contributed by atoms with E-state index in [2.05, 4.69) is 41.2 Å². The van der Waals surface area contributed by atoms with Gasteiger partial charge in [-0.15, -0.1) is 0 Å². The molecule has 2 fully saturated rings. The molecule has 2 N–H and O–H groups in total. The molecular formula is C23H35N5O3. The molecule has 1 atom stereocenters. The fourth-order valence-electron chi connectivity index (χ4n) is 4.10. The zero-order chi connectivity index (χ0) is 22.4. The molecule has 0 radical (unpaired) electrons. The highest BCUT2D eigenvalue weighted by molar-refractivity contribution is 5.97. The summed E-state index contributed by atoms with van der Waals surface area (Å²) in [6, 6.07) is 6.94. The number of piperazine rings is 2. The summed E-state index contributed by atoms with van der Waals surface area (Å²) in [5.74, 6) is -0.200. The van der Waals surface area contributed by atoms with Crippen LogP contribution >= 0.6 is 0 Å². The van der Waals surface area contributed by atoms with E-state index in [0.717, 1.165) is 32.7 Å². The number of nitrogens with zero attached hydrogens (tertiary/aromatic N) is 3. The van der Waals surface area contributed by atoms with Crippen molar-refractivity contribution < 1.29 is 14.4 Å². The van der Waals surface area contributed by atoms with Crippen molar-refractivity contribution in [2.45, 2.75) is 39.2 Å². The Morgan fingerprint density at radius 3 is 2.32 bits per heavy atom. The molecule has 170 valence electrons. The van der Waals surface area contributed by atoms with Crippen LogP contribution in [0.5, 0.6) is 0 Å². The van der Waals surface area contributed by atoms with Crippen LogP contribution in [0.4, 0.5) is 5.69 Å². The molecule has 1 aromatic rings. The molecule has 2 aliphatic heterocycles. The number of amides is 3. The van der Waals surface area contributed by atoms with E-state index in [1.54, 1.807) is 4.90 Å². The van der Waals surface area contributed by atoms with E-state index in [4.69, 9.17) is 0 Å². The number of benzene rings is 1. The summed E-state index contributed by atoms with van der Waals surface area (Å²) in [6.07, 6.45) is -0.0485. The second kappa shape index (κ2) is 10.7. The van der Waals surface area contributed by atoms with Gasteiger partial charge in [0.25, 0.3) is 0 Å². The maximum atomic E-state index is 13.0. The maximum Gasteiger partial charge on any atom is 0.243 e. The van der Waals surface area contributed by atoms with Crippen LogP contribution in [0.15, 0.2) is 24.3 Å². The fraction of sp³-hybridized carbons (Fsp3) is 0.609. The third kappa shape index (κ3) is 6.27. The van der Waals surface area contributed by atoms with Crippen LogP contribution in [0, 0.1) is 0 Å². The van der Waals surface area contributed by atoms with Crippen molar-refractivity contribution in [3.63, 3.8) is 0 Å². The van der Waals surface area contributed by atoms with E-state index >= 15 is 0 Å². The van der Waals surface area contributed by atoms with Crippen LogP contribution in [0.25, 0.3) is 0 Å². The summed E-state index contributed by atoms with van der Waals surface area (Å²) in [6.45, 7) is 12.1. The van der Waals surface area contributed by atoms with Gasteiger partial charge < -0.3 is 20.4 Å². The van der Waals surface area contributed by atoms with E-state index in [1.165, 1.54) is 5.56 Å². The highest BCUT2D eigenvalue weighted by Crippen LogP contribution is 2.18. The predicted molar refractivity (Wildman–Crippen MR) is 121 cm³/mol. The van der Waals surface area contributed by atoms with Gasteiger partial charge in [0, 0.05) is 45.0 Å². The number of carbonyl (C=O) groups is 3. The summed E-state index contributed by atoms with van der Waals surface area (Å²) < 4.78 is 0. The Bertz CT molecular complexity index is 772. The first kappa shape index (κ1) is 23.2. The Morgan fingerprint density at radius 2 is 1.71 bits per heavy atom. The molecule has 3 amide bonds. The number of carbonyl (C=O) groups excluding carboxylic acids is 3. The summed E-state index contributed by atoms with van der Waals surface area (Å²) in [5, 5.41) is 5.65. The number of rotatable bonds is 7. The molecule has 8 nitrogen and oxygen atoms in total. The Kier molecular flexibility index (Phi) is 8.03. The zero-order valence-electron chi connectivity index (χ0n) is 18.9. The molecule has 2 heterocycles. The quantitative estimate of drug-likeness (QED) is 0.678. The number of anilines is 1. The predicted octanol–water partition coefficient (Wildman–Crippen LogP) is 1.10. The van der Waals surface area contributed by atoms with Gasteiger partial charge in [0.1, 0.15) is 6.04 Å². The van der Waals surface area contributed by atoms with Crippen molar-refractivity contribution in [2.24, 2.45) is 0 Å². The van der Waals surface area contributed by atoms with Crippen LogP contribution in [0.3, 0.4) is 0 Å². The molecule has 2 saturated heterocycles. The Hall–Kier alpha value is -2.45. The van der Waals surface area contributed by atoms with Gasteiger partial charge in [0.15, 0.2) is 0 Å². The Labute approximate surface area is 184 Å². The van der Waals surface area contributed by atoms with Crippen molar-refractivity contribution >= 4 is 23.4 Å². The smallest absolute Gasteiger partial charge is 0.243 e. The molecule has 31 heavy (non-hydrogen) atoms. The fourth-order valence-corrected chi connectivity index (χ4v) is 4.10. The van der Waals surface area contributed by atoms with Gasteiger partial charge in [0.2, 0.25) is 17.7 Å². The lowest BCUT2D eigenvalue weighted by Gasteiger charge is -2.38. The van der Waals surface area contributed by atoms with E-state index in [1.807, 2.05) is 24.3 Å². The molecule has 3 rings (SSSR count). The topological polar surface area (TPSA) is 85.0 Å². The maximum absolute atomic E-state index is 13.0. The zero-order valence-corrected chi connectivity index (χ0v) is 18.9. The first-order valence-corrected chi connectivity index (χ1v) is 11.3. The third-order valence-electron chi connectivity index (χ3n) is 6.16. The van der Waals surface area contributed by atoms with E-state index in [-0.39, 0.29) is 24.1 Å². The molecule has 0 aliphatic carbocycles. The molecule has 0 saturated carbocycles. The van der Waals surface area contributed by atoms with Gasteiger partial charge in [0.05, 0.1) is 13.0 Å². The Morgan fingerprint density at radius 1 is 1.06 bits per heavy atom. The lowest BCUT2D eigenvalue weighted by molar-refractivity contribution is -0.145. The van der Waals surface area contributed by atoms with Crippen molar-refractivity contribution in [1.82, 2.24) is 20.0 Å². The number of hydrogen-bond donors (Lipinski definition) is 2. The molecule has 2 aliphatic rings. The van der Waals surface area contributed by atoms with Crippen molar-refractivity contribution in [3.8, 4) is 0 Å². The number of likely N-dealkylation sites (N-methyl/N-ethyl adjacent to an activating group) is 1. The Balaban J connectivity index is 1.57. The van der Waals surface area contributed by atoms with Crippen molar-refractivity contribution in [2.75, 3.05) is 57.7 Å². The van der Waals surface area contributed by atoms with Crippen molar-refractivity contribution in [1.29, 1.82) is 0 Å². The normalized spacial score (nSPS) is 20.6. The molecule has 0 unspecified atom stereocenters. The van der Waals surface area contributed by atoms with Gasteiger partial charge in [-0.1, -0.05) is 32.9 Å². The van der Waals surface area contributed by atoms with E-state index in [9.17, 15) is 14.4 Å². The molecule has 0 bridgehead atoms. The molecule has 0 spiro atoms. The minimum atomic E-state index is -0.770. The van der Waals surface area contributed by atoms with Crippen molar-refractivity contribution in [3.05, 3.63) is 29.8 Å². The SMILES string of the molecule is CCN1CCN(CC(=O)N2CCNC(=O)[C@H]2CC(=O)Nc2ccc(C(C)C)cc2)CC1. The van der Waals surface area contributed by atoms with Crippen LogP contribution in [0.1, 0.15) is 38.7 Å². The highest BCUT2D eigenvalue weighted by atomic mass is 16.2. The first-order chi connectivity index (χ1) is 14.9. The van der Waals surface area contributed by atoms with Crippen LogP contribution in [-0.2, 0) is 14.4 Å². The highest BCUT2D eigenvalue weighted by Gasteiger charge is 2.35. The molecular weight excluding hydrogens is 394 g/mol. The van der Waals surface area contributed by atoms with Crippen LogP contribution in [-0.4, -0.2) is 90.8 Å². The molecule has 8 heteroatoms. The van der Waals surface area contributed by atoms with Crippen LogP contribution < -0.4 is 10.6 Å². The van der Waals surface area contributed by atoms with E-state index in [0.29, 0.717) is 31.2 Å². The lowest BCUT2D eigenvalue weighted by atomic mass is 10.0. The average Bonchev–Trinajstić information content (AvgIpc) is 2.76. The minimum Gasteiger partial charge on any atom is -0.353 e. The van der Waals surface area contributed by atoms with Gasteiger partial charge in [-0.05, 0) is 30.2 Å². The molecule has 0 aromatic heterocycles. The average molecular weight is 430 g/mol. The minimum absolute atomic E-state index is 0.0485. The third-order valence-corrected chi connectivity index (χ3v) is 6.16. The van der Waals surface area contributed by atoms with Crippen LogP contribution in [0.2, 0.25) is 0 Å². The van der Waals surface area contributed by atoms with Gasteiger partial charge in [-0.25, -0.2) is 0 Å². The standard InChI is InChI=1S/C23H35N5O3/c1-4-26-11-13-27(14-12-26)16-22(30)28-10-9-24-23(31)20(28)15-21(29)25-19-7-5-18(6-8-19)17(2)3/h5-8,17,20H,4,9-16H2,1-3H3,(H,24,31)(H,25,29)/t20-/m1/s1. The summed E-state index contributed by atoms with van der Waals surface area (Å²) in [5.41, 5.74) is 1.89. The van der Waals surface area contributed by atoms with E-state index < -0.39 is 6.04 Å². The monoisotopic (exact) mass is 429 g/mol. The summed E-state index contributed by atoms with van der Waals surface area (Å²) >= 11 is 0. The number of hydrogen-bond acceptors (Lipinski definition) is 5. The number of nitrogens with one attached hydrogen (secondary N) is 2. The summed E-state index contributed by atoms with van der Waals surface area (Å²) in [7, 11) is 0. The summed E-state index contributed by atoms with van der Waals surface area (Å²) in [4.78, 5) is 44.2. The first-order valence-electron chi connectivity index (χ1n) is 11.3.